The summed E-state index contributed by atoms with van der Waals surface area (Å²) in [6.45, 7) is 3.25. The first kappa shape index (κ1) is 9.94. The monoisotopic (exact) mass is 203 g/mol. The van der Waals surface area contributed by atoms with E-state index in [-0.39, 0.29) is 0 Å². The Balaban J connectivity index is 2.33. The lowest BCUT2D eigenvalue weighted by Gasteiger charge is -2.25. The summed E-state index contributed by atoms with van der Waals surface area (Å²) in [4.78, 5) is 13.8. The smallest absolute Gasteiger partial charge is 0.234 e. The number of hydrogen-bond donors (Lipinski definition) is 0. The van der Waals surface area contributed by atoms with Gasteiger partial charge in [0.25, 0.3) is 0 Å². The Labute approximate surface area is 88.8 Å². The van der Waals surface area contributed by atoms with Gasteiger partial charge in [0.05, 0.1) is 13.2 Å². The highest BCUT2D eigenvalue weighted by molar-refractivity contribution is 5.44. The van der Waals surface area contributed by atoms with Crippen LogP contribution >= 0.6 is 0 Å². The van der Waals surface area contributed by atoms with Gasteiger partial charge in [-0.1, -0.05) is 18.2 Å². The maximum Gasteiger partial charge on any atom is 0.234 e. The molecule has 1 aliphatic rings. The molecule has 0 saturated carbocycles. The Morgan fingerprint density at radius 3 is 3.27 bits per heavy atom. The summed E-state index contributed by atoms with van der Waals surface area (Å²) in [7, 11) is 0. The van der Waals surface area contributed by atoms with Gasteiger partial charge in [-0.25, -0.2) is 9.79 Å². The van der Waals surface area contributed by atoms with Gasteiger partial charge in [0.15, 0.2) is 0 Å². The number of fused-ring (bicyclic) bond motifs is 1. The third kappa shape index (κ3) is 1.92. The lowest BCUT2D eigenvalue weighted by molar-refractivity contribution is 0.267. The van der Waals surface area contributed by atoms with Gasteiger partial charge in [0.2, 0.25) is 6.08 Å². The molecular weight excluding hydrogens is 190 g/mol. The number of benzene rings is 1. The van der Waals surface area contributed by atoms with Crippen LogP contribution in [0.15, 0.2) is 23.2 Å². The van der Waals surface area contributed by atoms with Gasteiger partial charge in [-0.15, -0.1) is 0 Å². The standard InChI is InChI=1S/C12H13NO2/c1-9-3-2-4-11-10(7-13-8-14)5-6-15-12(9)11/h2-4,10H,5-7H2,1H3. The predicted molar refractivity (Wildman–Crippen MR) is 57.0 cm³/mol. The number of aliphatic imine (C=N–C) groups is 1. The topological polar surface area (TPSA) is 38.7 Å². The van der Waals surface area contributed by atoms with Gasteiger partial charge < -0.3 is 4.74 Å². The van der Waals surface area contributed by atoms with Crippen molar-refractivity contribution in [1.82, 2.24) is 0 Å². The fraction of sp³-hybridized carbons (Fsp3) is 0.417. The second kappa shape index (κ2) is 4.28. The van der Waals surface area contributed by atoms with Gasteiger partial charge in [-0.3, -0.25) is 0 Å². The van der Waals surface area contributed by atoms with Crippen molar-refractivity contribution in [3.63, 3.8) is 0 Å². The van der Waals surface area contributed by atoms with E-state index in [1.165, 1.54) is 5.56 Å². The van der Waals surface area contributed by atoms with Crippen LogP contribution in [0.3, 0.4) is 0 Å². The van der Waals surface area contributed by atoms with Crippen LogP contribution in [0, 0.1) is 6.92 Å². The van der Waals surface area contributed by atoms with E-state index in [0.29, 0.717) is 19.1 Å². The zero-order valence-corrected chi connectivity index (χ0v) is 8.69. The first-order valence-electron chi connectivity index (χ1n) is 5.09. The van der Waals surface area contributed by atoms with E-state index < -0.39 is 0 Å². The predicted octanol–water partition coefficient (Wildman–Crippen LogP) is 2.20. The average Bonchev–Trinajstić information content (AvgIpc) is 2.27. The molecule has 1 aromatic carbocycles. The number of para-hydroxylation sites is 1. The van der Waals surface area contributed by atoms with Crippen LogP contribution in [0.25, 0.3) is 0 Å². The van der Waals surface area contributed by atoms with Gasteiger partial charge in [0.1, 0.15) is 5.75 Å². The van der Waals surface area contributed by atoms with Crippen molar-refractivity contribution in [2.24, 2.45) is 4.99 Å². The molecule has 3 nitrogen and oxygen atoms in total. The maximum atomic E-state index is 10.1. The molecule has 1 aromatic rings. The molecule has 0 radical (unpaired) electrons. The molecular formula is C12H13NO2. The van der Waals surface area contributed by atoms with E-state index in [2.05, 4.69) is 4.99 Å². The minimum atomic E-state index is 0.301. The molecule has 1 aliphatic heterocycles. The summed E-state index contributed by atoms with van der Waals surface area (Å²) in [5.74, 6) is 1.27. The van der Waals surface area contributed by atoms with Gasteiger partial charge in [0, 0.05) is 5.92 Å². The van der Waals surface area contributed by atoms with E-state index in [9.17, 15) is 4.79 Å². The van der Waals surface area contributed by atoms with E-state index in [0.717, 1.165) is 17.7 Å². The fourth-order valence-corrected chi connectivity index (χ4v) is 1.99. The molecule has 0 fully saturated rings. The van der Waals surface area contributed by atoms with Crippen molar-refractivity contribution in [3.05, 3.63) is 29.3 Å². The summed E-state index contributed by atoms with van der Waals surface area (Å²) in [5.41, 5.74) is 2.31. The zero-order chi connectivity index (χ0) is 10.7. The quantitative estimate of drug-likeness (QED) is 0.546. The third-order valence-corrected chi connectivity index (χ3v) is 2.77. The molecule has 15 heavy (non-hydrogen) atoms. The molecule has 0 spiro atoms. The Morgan fingerprint density at radius 1 is 1.60 bits per heavy atom. The van der Waals surface area contributed by atoms with E-state index >= 15 is 0 Å². The first-order valence-corrected chi connectivity index (χ1v) is 5.09. The van der Waals surface area contributed by atoms with Crippen molar-refractivity contribution in [2.75, 3.05) is 13.2 Å². The molecule has 0 amide bonds. The molecule has 1 heterocycles. The number of isocyanates is 1. The maximum absolute atomic E-state index is 10.1. The Bertz CT molecular complexity index is 408. The van der Waals surface area contributed by atoms with E-state index in [1.807, 2.05) is 25.1 Å². The molecule has 1 atom stereocenters. The van der Waals surface area contributed by atoms with Crippen molar-refractivity contribution in [1.29, 1.82) is 0 Å². The van der Waals surface area contributed by atoms with Crippen LogP contribution in [0.5, 0.6) is 5.75 Å². The van der Waals surface area contributed by atoms with Crippen LogP contribution in [0.2, 0.25) is 0 Å². The molecule has 0 aromatic heterocycles. The fourth-order valence-electron chi connectivity index (χ4n) is 1.99. The molecule has 0 aliphatic carbocycles. The summed E-state index contributed by atoms with van der Waals surface area (Å²) in [5, 5.41) is 0. The van der Waals surface area contributed by atoms with Crippen LogP contribution < -0.4 is 4.74 Å². The van der Waals surface area contributed by atoms with Crippen LogP contribution in [0.1, 0.15) is 23.5 Å². The van der Waals surface area contributed by atoms with E-state index in [4.69, 9.17) is 4.74 Å². The minimum Gasteiger partial charge on any atom is -0.493 e. The number of rotatable bonds is 2. The molecule has 2 rings (SSSR count). The summed E-state index contributed by atoms with van der Waals surface area (Å²) < 4.78 is 5.62. The number of aryl methyl sites for hydroxylation is 1. The number of carbonyl (C=O) groups excluding carboxylic acids is 1. The van der Waals surface area contributed by atoms with Gasteiger partial charge in [-0.2, -0.15) is 0 Å². The summed E-state index contributed by atoms with van der Waals surface area (Å²) in [6.07, 6.45) is 2.51. The Hall–Kier alpha value is -1.60. The molecule has 3 heteroatoms. The largest absolute Gasteiger partial charge is 0.493 e. The minimum absolute atomic E-state index is 0.301. The first-order chi connectivity index (χ1) is 7.33. The average molecular weight is 203 g/mol. The van der Waals surface area contributed by atoms with Crippen molar-refractivity contribution < 1.29 is 9.53 Å². The number of nitrogens with zero attached hydrogens (tertiary/aromatic N) is 1. The Kier molecular flexibility index (Phi) is 2.84. The second-order valence-corrected chi connectivity index (χ2v) is 3.76. The third-order valence-electron chi connectivity index (χ3n) is 2.77. The van der Waals surface area contributed by atoms with E-state index in [1.54, 1.807) is 6.08 Å². The van der Waals surface area contributed by atoms with Crippen LogP contribution in [-0.2, 0) is 4.79 Å². The lowest BCUT2D eigenvalue weighted by Crippen LogP contribution is -2.17. The van der Waals surface area contributed by atoms with Crippen molar-refractivity contribution in [2.45, 2.75) is 19.3 Å². The molecule has 78 valence electrons. The summed E-state index contributed by atoms with van der Waals surface area (Å²) in [6, 6.07) is 6.09. The normalized spacial score (nSPS) is 18.6. The lowest BCUT2D eigenvalue weighted by atomic mass is 9.92. The van der Waals surface area contributed by atoms with Crippen LogP contribution in [-0.4, -0.2) is 19.2 Å². The molecule has 0 bridgehead atoms. The molecule has 0 saturated heterocycles. The molecule has 0 N–H and O–H groups in total. The summed E-state index contributed by atoms with van der Waals surface area (Å²) >= 11 is 0. The molecule has 1 unspecified atom stereocenters. The SMILES string of the molecule is Cc1cccc2c1OCCC2CN=C=O. The van der Waals surface area contributed by atoms with Crippen molar-refractivity contribution >= 4 is 6.08 Å². The highest BCUT2D eigenvalue weighted by Gasteiger charge is 2.21. The highest BCUT2D eigenvalue weighted by atomic mass is 16.5. The Morgan fingerprint density at radius 2 is 2.47 bits per heavy atom. The van der Waals surface area contributed by atoms with Gasteiger partial charge in [-0.05, 0) is 24.5 Å². The zero-order valence-electron chi connectivity index (χ0n) is 8.69. The highest BCUT2D eigenvalue weighted by Crippen LogP contribution is 2.35. The second-order valence-electron chi connectivity index (χ2n) is 3.76. The van der Waals surface area contributed by atoms with Gasteiger partial charge >= 0.3 is 0 Å². The number of ether oxygens (including phenoxy) is 1. The van der Waals surface area contributed by atoms with Crippen molar-refractivity contribution in [3.8, 4) is 5.75 Å². The van der Waals surface area contributed by atoms with Crippen LogP contribution in [0.4, 0.5) is 0 Å². The number of hydrogen-bond acceptors (Lipinski definition) is 3.